The fraction of sp³-hybridized carbons (Fsp3) is 0.304. The molecule has 0 saturated carbocycles. The number of nitrogens with one attached hydrogen (secondary N) is 2. The molecule has 6 nitrogen and oxygen atoms in total. The highest BCUT2D eigenvalue weighted by molar-refractivity contribution is 5.91. The highest BCUT2D eigenvalue weighted by atomic mass is 16.5. The van der Waals surface area contributed by atoms with Gasteiger partial charge in [-0.3, -0.25) is 15.0 Å². The number of benzene rings is 2. The SMILES string of the molecule is Cc1cc(NC(=O)CN[C@@H]2CN(Cc3ccccc3)C[C@H]2c2ccccc2)on1. The molecule has 0 radical (unpaired) electrons. The van der Waals surface area contributed by atoms with Gasteiger partial charge in [-0.05, 0) is 18.1 Å². The van der Waals surface area contributed by atoms with Crippen LogP contribution >= 0.6 is 0 Å². The zero-order valence-electron chi connectivity index (χ0n) is 16.5. The number of amides is 1. The van der Waals surface area contributed by atoms with Crippen molar-refractivity contribution in [2.24, 2.45) is 0 Å². The van der Waals surface area contributed by atoms with E-state index in [2.05, 4.69) is 69.2 Å². The van der Waals surface area contributed by atoms with Gasteiger partial charge < -0.3 is 9.84 Å². The number of carbonyl (C=O) groups is 1. The molecule has 1 aromatic heterocycles. The summed E-state index contributed by atoms with van der Waals surface area (Å²) < 4.78 is 5.06. The van der Waals surface area contributed by atoms with Crippen molar-refractivity contribution in [2.75, 3.05) is 25.0 Å². The van der Waals surface area contributed by atoms with Gasteiger partial charge in [-0.25, -0.2) is 0 Å². The smallest absolute Gasteiger partial charge is 0.240 e. The van der Waals surface area contributed by atoms with Crippen LogP contribution in [0.5, 0.6) is 0 Å². The summed E-state index contributed by atoms with van der Waals surface area (Å²) in [5, 5.41) is 10.00. The third kappa shape index (κ3) is 5.10. The van der Waals surface area contributed by atoms with Crippen LogP contribution in [-0.2, 0) is 11.3 Å². The van der Waals surface area contributed by atoms with Crippen molar-refractivity contribution in [2.45, 2.75) is 25.4 Å². The van der Waals surface area contributed by atoms with E-state index in [0.29, 0.717) is 11.8 Å². The zero-order chi connectivity index (χ0) is 20.1. The van der Waals surface area contributed by atoms with Gasteiger partial charge in [0.1, 0.15) is 0 Å². The van der Waals surface area contributed by atoms with Gasteiger partial charge in [0.05, 0.1) is 12.2 Å². The molecule has 1 saturated heterocycles. The van der Waals surface area contributed by atoms with E-state index in [1.807, 2.05) is 19.1 Å². The number of nitrogens with zero attached hydrogens (tertiary/aromatic N) is 2. The van der Waals surface area contributed by atoms with Gasteiger partial charge in [0.15, 0.2) is 0 Å². The maximum absolute atomic E-state index is 12.3. The molecule has 2 aromatic carbocycles. The average molecular weight is 390 g/mol. The number of hydrogen-bond acceptors (Lipinski definition) is 5. The van der Waals surface area contributed by atoms with Crippen LogP contribution in [0.2, 0.25) is 0 Å². The first-order valence-electron chi connectivity index (χ1n) is 9.95. The van der Waals surface area contributed by atoms with Crippen molar-refractivity contribution in [3.63, 3.8) is 0 Å². The van der Waals surface area contributed by atoms with Gasteiger partial charge in [-0.2, -0.15) is 0 Å². The Morgan fingerprint density at radius 1 is 1.10 bits per heavy atom. The van der Waals surface area contributed by atoms with E-state index in [4.69, 9.17) is 4.52 Å². The van der Waals surface area contributed by atoms with Crippen molar-refractivity contribution < 1.29 is 9.32 Å². The fourth-order valence-corrected chi connectivity index (χ4v) is 3.93. The average Bonchev–Trinajstić information content (AvgIpc) is 3.33. The fourth-order valence-electron chi connectivity index (χ4n) is 3.93. The third-order valence-electron chi connectivity index (χ3n) is 5.29. The maximum atomic E-state index is 12.3. The second-order valence-corrected chi connectivity index (χ2v) is 7.56. The molecule has 0 spiro atoms. The van der Waals surface area contributed by atoms with E-state index in [1.165, 1.54) is 11.1 Å². The maximum Gasteiger partial charge on any atom is 0.240 e. The number of anilines is 1. The van der Waals surface area contributed by atoms with E-state index >= 15 is 0 Å². The van der Waals surface area contributed by atoms with E-state index in [9.17, 15) is 4.79 Å². The summed E-state index contributed by atoms with van der Waals surface area (Å²) in [7, 11) is 0. The molecule has 0 aliphatic carbocycles. The Hall–Kier alpha value is -2.96. The van der Waals surface area contributed by atoms with Crippen LogP contribution in [0.15, 0.2) is 71.3 Å². The molecule has 4 rings (SSSR count). The Balaban J connectivity index is 1.40. The number of rotatable bonds is 7. The number of carbonyl (C=O) groups excluding carboxylic acids is 1. The van der Waals surface area contributed by atoms with Crippen LogP contribution in [0, 0.1) is 6.92 Å². The summed E-state index contributed by atoms with van der Waals surface area (Å²) >= 11 is 0. The lowest BCUT2D eigenvalue weighted by Crippen LogP contribution is -2.40. The molecule has 2 heterocycles. The van der Waals surface area contributed by atoms with Gasteiger partial charge in [-0.1, -0.05) is 65.8 Å². The van der Waals surface area contributed by atoms with Gasteiger partial charge in [-0.15, -0.1) is 0 Å². The Labute approximate surface area is 170 Å². The summed E-state index contributed by atoms with van der Waals surface area (Å²) in [5.41, 5.74) is 3.34. The number of likely N-dealkylation sites (tertiary alicyclic amines) is 1. The van der Waals surface area contributed by atoms with Gasteiger partial charge in [0.2, 0.25) is 11.8 Å². The molecule has 29 heavy (non-hydrogen) atoms. The molecule has 0 unspecified atom stereocenters. The topological polar surface area (TPSA) is 70.4 Å². The standard InChI is InChI=1S/C23H26N4O2/c1-17-12-23(29-26-17)25-22(28)13-24-21-16-27(14-18-8-4-2-5-9-18)15-20(21)19-10-6-3-7-11-19/h2-12,20-21,24H,13-16H2,1H3,(H,25,28)/t20-,21+/m0/s1. The van der Waals surface area contributed by atoms with Crippen LogP contribution < -0.4 is 10.6 Å². The van der Waals surface area contributed by atoms with Crippen molar-refractivity contribution in [1.82, 2.24) is 15.4 Å². The normalized spacial score (nSPS) is 19.3. The van der Waals surface area contributed by atoms with Crippen LogP contribution in [0.3, 0.4) is 0 Å². The van der Waals surface area contributed by atoms with Gasteiger partial charge >= 0.3 is 0 Å². The van der Waals surface area contributed by atoms with Crippen LogP contribution in [-0.4, -0.2) is 41.6 Å². The Kier molecular flexibility index (Phi) is 6.03. The highest BCUT2D eigenvalue weighted by Gasteiger charge is 2.33. The molecule has 1 amide bonds. The van der Waals surface area contributed by atoms with E-state index < -0.39 is 0 Å². The lowest BCUT2D eigenvalue weighted by molar-refractivity contribution is -0.115. The van der Waals surface area contributed by atoms with Crippen molar-refractivity contribution >= 4 is 11.8 Å². The van der Waals surface area contributed by atoms with E-state index in [-0.39, 0.29) is 18.5 Å². The van der Waals surface area contributed by atoms with Crippen LogP contribution in [0.1, 0.15) is 22.7 Å². The van der Waals surface area contributed by atoms with Crippen molar-refractivity contribution in [3.8, 4) is 0 Å². The number of aryl methyl sites for hydroxylation is 1. The first-order chi connectivity index (χ1) is 14.2. The Bertz CT molecular complexity index is 926. The molecular formula is C23H26N4O2. The van der Waals surface area contributed by atoms with Gasteiger partial charge in [0, 0.05) is 37.7 Å². The van der Waals surface area contributed by atoms with Gasteiger partial charge in [0.25, 0.3) is 0 Å². The molecule has 3 aromatic rings. The van der Waals surface area contributed by atoms with Crippen molar-refractivity contribution in [3.05, 3.63) is 83.6 Å². The summed E-state index contributed by atoms with van der Waals surface area (Å²) in [4.78, 5) is 14.8. The minimum atomic E-state index is -0.130. The molecule has 2 atom stereocenters. The number of aromatic nitrogens is 1. The Morgan fingerprint density at radius 2 is 1.83 bits per heavy atom. The summed E-state index contributed by atoms with van der Waals surface area (Å²) in [6.45, 7) is 4.81. The lowest BCUT2D eigenvalue weighted by Gasteiger charge is -2.20. The lowest BCUT2D eigenvalue weighted by atomic mass is 9.94. The molecule has 1 aliphatic heterocycles. The molecule has 2 N–H and O–H groups in total. The van der Waals surface area contributed by atoms with E-state index in [0.717, 1.165) is 25.3 Å². The minimum Gasteiger partial charge on any atom is -0.338 e. The van der Waals surface area contributed by atoms with Crippen LogP contribution in [0.25, 0.3) is 0 Å². The first-order valence-corrected chi connectivity index (χ1v) is 9.95. The zero-order valence-corrected chi connectivity index (χ0v) is 16.5. The third-order valence-corrected chi connectivity index (χ3v) is 5.29. The quantitative estimate of drug-likeness (QED) is 0.648. The monoisotopic (exact) mass is 390 g/mol. The summed E-state index contributed by atoms with van der Waals surface area (Å²) in [5.74, 6) is 0.584. The first kappa shape index (κ1) is 19.4. The summed E-state index contributed by atoms with van der Waals surface area (Å²) in [6, 6.07) is 22.9. The molecule has 1 fully saturated rings. The predicted octanol–water partition coefficient (Wildman–Crippen LogP) is 3.18. The van der Waals surface area contributed by atoms with Crippen LogP contribution in [0.4, 0.5) is 5.88 Å². The number of hydrogen-bond donors (Lipinski definition) is 2. The molecule has 6 heteroatoms. The summed E-state index contributed by atoms with van der Waals surface area (Å²) in [6.07, 6.45) is 0. The largest absolute Gasteiger partial charge is 0.338 e. The predicted molar refractivity (Wildman–Crippen MR) is 113 cm³/mol. The molecule has 1 aliphatic rings. The van der Waals surface area contributed by atoms with Crippen molar-refractivity contribution in [1.29, 1.82) is 0 Å². The Morgan fingerprint density at radius 3 is 2.52 bits per heavy atom. The second kappa shape index (κ2) is 9.03. The van der Waals surface area contributed by atoms with E-state index in [1.54, 1.807) is 6.07 Å². The highest BCUT2D eigenvalue weighted by Crippen LogP contribution is 2.28. The second-order valence-electron chi connectivity index (χ2n) is 7.56. The molecule has 0 bridgehead atoms. The minimum absolute atomic E-state index is 0.130. The molecular weight excluding hydrogens is 364 g/mol. The molecule has 150 valence electrons.